The number of aromatic hydroxyl groups is 1. The molecule has 1 aromatic heterocycles. The summed E-state index contributed by atoms with van der Waals surface area (Å²) in [4.78, 5) is 29.1. The minimum absolute atomic E-state index is 0.150. The third-order valence-electron chi connectivity index (χ3n) is 4.87. The molecule has 0 spiro atoms. The lowest BCUT2D eigenvalue weighted by Crippen LogP contribution is -2.35. The summed E-state index contributed by atoms with van der Waals surface area (Å²) < 4.78 is 14.4. The second-order valence-corrected chi connectivity index (χ2v) is 6.57. The number of carbonyl (C=O) groups excluding carboxylic acids is 1. The number of amides is 1. The Hall–Kier alpha value is -2.70. The highest BCUT2D eigenvalue weighted by molar-refractivity contribution is 5.94. The Kier molecular flexibility index (Phi) is 3.78. The van der Waals surface area contributed by atoms with E-state index >= 15 is 0 Å². The Morgan fingerprint density at radius 2 is 2.12 bits per heavy atom. The van der Waals surface area contributed by atoms with Crippen LogP contribution in [0.2, 0.25) is 0 Å². The molecular formula is C18H17FN3O3. The van der Waals surface area contributed by atoms with Gasteiger partial charge in [0.25, 0.3) is 11.5 Å². The Morgan fingerprint density at radius 3 is 2.88 bits per heavy atom. The van der Waals surface area contributed by atoms with E-state index in [0.29, 0.717) is 23.9 Å². The molecule has 1 unspecified atom stereocenters. The number of halogens is 1. The van der Waals surface area contributed by atoms with Crippen LogP contribution >= 0.6 is 0 Å². The molecule has 1 aromatic carbocycles. The van der Waals surface area contributed by atoms with Crippen LogP contribution in [0.1, 0.15) is 41.1 Å². The van der Waals surface area contributed by atoms with Gasteiger partial charge < -0.3 is 10.4 Å². The first-order valence-corrected chi connectivity index (χ1v) is 8.24. The first-order chi connectivity index (χ1) is 12.0. The van der Waals surface area contributed by atoms with Crippen LogP contribution in [0.25, 0.3) is 0 Å². The maximum atomic E-state index is 12.9. The van der Waals surface area contributed by atoms with Crippen molar-refractivity contribution in [2.24, 2.45) is 5.92 Å². The summed E-state index contributed by atoms with van der Waals surface area (Å²) in [6.07, 6.45) is 2.78. The number of carbonyl (C=O) groups is 1. The second kappa shape index (κ2) is 5.98. The molecule has 1 aliphatic carbocycles. The average molecular weight is 342 g/mol. The summed E-state index contributed by atoms with van der Waals surface area (Å²) in [6.45, 7) is 0.688. The summed E-state index contributed by atoms with van der Waals surface area (Å²) >= 11 is 0. The summed E-state index contributed by atoms with van der Waals surface area (Å²) in [5.41, 5.74) is -0.117. The zero-order chi connectivity index (χ0) is 17.6. The van der Waals surface area contributed by atoms with E-state index in [1.165, 1.54) is 16.7 Å². The molecule has 2 aliphatic rings. The highest BCUT2D eigenvalue weighted by atomic mass is 19.1. The number of benzene rings is 1. The standard InChI is InChI=1S/C18H17FN3O3/c19-13-5-2-10(3-6-13)8-20-17(24)14-15(23)18(25)22-9-11-1-4-12(7-11)16(22)21-14/h2-3,5-6,11,23H,1,4,7-9H2,(H,20,24). The van der Waals surface area contributed by atoms with Gasteiger partial charge in [0, 0.05) is 19.0 Å². The van der Waals surface area contributed by atoms with Crippen LogP contribution in [0.5, 0.6) is 5.75 Å². The van der Waals surface area contributed by atoms with Crippen LogP contribution in [0.3, 0.4) is 0 Å². The number of rotatable bonds is 3. The van der Waals surface area contributed by atoms with Crippen LogP contribution in [0.15, 0.2) is 29.1 Å². The fourth-order valence-electron chi connectivity index (χ4n) is 3.56. The molecule has 1 fully saturated rings. The number of hydrogen-bond donors (Lipinski definition) is 2. The third-order valence-corrected chi connectivity index (χ3v) is 4.87. The van der Waals surface area contributed by atoms with Gasteiger partial charge in [0.15, 0.2) is 5.69 Å². The lowest BCUT2D eigenvalue weighted by molar-refractivity contribution is 0.0941. The molecule has 1 saturated carbocycles. The van der Waals surface area contributed by atoms with Crippen molar-refractivity contribution >= 4 is 5.91 Å². The van der Waals surface area contributed by atoms with Crippen LogP contribution in [-0.2, 0) is 13.1 Å². The molecule has 1 aliphatic heterocycles. The fourth-order valence-corrected chi connectivity index (χ4v) is 3.56. The van der Waals surface area contributed by atoms with E-state index in [4.69, 9.17) is 0 Å². The second-order valence-electron chi connectivity index (χ2n) is 6.57. The van der Waals surface area contributed by atoms with Crippen LogP contribution < -0.4 is 10.9 Å². The van der Waals surface area contributed by atoms with Crippen molar-refractivity contribution in [3.63, 3.8) is 0 Å². The Balaban J connectivity index is 1.59. The van der Waals surface area contributed by atoms with Crippen molar-refractivity contribution < 1.29 is 14.3 Å². The van der Waals surface area contributed by atoms with Gasteiger partial charge in [-0.15, -0.1) is 0 Å². The predicted octanol–water partition coefficient (Wildman–Crippen LogP) is 1.75. The van der Waals surface area contributed by atoms with Crippen LogP contribution in [0.4, 0.5) is 4.39 Å². The number of nitrogens with one attached hydrogen (secondary N) is 1. The predicted molar refractivity (Wildman–Crippen MR) is 87.4 cm³/mol. The van der Waals surface area contributed by atoms with E-state index in [-0.39, 0.29) is 18.1 Å². The smallest absolute Gasteiger partial charge is 0.296 e. The van der Waals surface area contributed by atoms with Gasteiger partial charge in [0.05, 0.1) is 0 Å². The molecule has 25 heavy (non-hydrogen) atoms. The highest BCUT2D eigenvalue weighted by Crippen LogP contribution is 2.41. The van der Waals surface area contributed by atoms with Gasteiger partial charge in [-0.3, -0.25) is 14.2 Å². The van der Waals surface area contributed by atoms with Crippen molar-refractivity contribution in [3.05, 3.63) is 63.4 Å². The number of nitrogens with zero attached hydrogens (tertiary/aromatic N) is 2. The minimum Gasteiger partial charge on any atom is -0.501 e. The quantitative estimate of drug-likeness (QED) is 0.890. The maximum absolute atomic E-state index is 12.9. The van der Waals surface area contributed by atoms with Gasteiger partial charge in [-0.05, 0) is 42.9 Å². The molecule has 6 nitrogen and oxygen atoms in total. The van der Waals surface area contributed by atoms with E-state index in [0.717, 1.165) is 25.2 Å². The molecule has 1 atom stereocenters. The summed E-state index contributed by atoms with van der Waals surface area (Å²) in [5.74, 6) is 0.401. The van der Waals surface area contributed by atoms with Gasteiger partial charge in [-0.25, -0.2) is 9.37 Å². The molecule has 2 N–H and O–H groups in total. The average Bonchev–Trinajstić information content (AvgIpc) is 3.00. The molecule has 2 bridgehead atoms. The molecule has 1 amide bonds. The van der Waals surface area contributed by atoms with E-state index in [2.05, 4.69) is 10.3 Å². The zero-order valence-corrected chi connectivity index (χ0v) is 13.5. The molecule has 2 heterocycles. The van der Waals surface area contributed by atoms with Gasteiger partial charge >= 0.3 is 0 Å². The van der Waals surface area contributed by atoms with E-state index in [1.807, 2.05) is 0 Å². The fraction of sp³-hybridized carbons (Fsp3) is 0.333. The van der Waals surface area contributed by atoms with Crippen molar-refractivity contribution in [1.29, 1.82) is 0 Å². The monoisotopic (exact) mass is 342 g/mol. The molecule has 129 valence electrons. The topological polar surface area (TPSA) is 84.2 Å². The van der Waals surface area contributed by atoms with E-state index in [9.17, 15) is 19.1 Å². The molecule has 4 rings (SSSR count). The van der Waals surface area contributed by atoms with Crippen molar-refractivity contribution in [3.8, 4) is 5.75 Å². The lowest BCUT2D eigenvalue weighted by atomic mass is 9.99. The molecule has 2 aromatic rings. The first kappa shape index (κ1) is 15.8. The van der Waals surface area contributed by atoms with Gasteiger partial charge in [-0.1, -0.05) is 12.1 Å². The van der Waals surface area contributed by atoms with Crippen LogP contribution in [0, 0.1) is 17.7 Å². The normalized spacial score (nSPS) is 18.8. The number of aromatic nitrogens is 2. The first-order valence-electron chi connectivity index (χ1n) is 8.24. The SMILES string of the molecule is O=C(NCc1ccc(F)cc1)c1nc2n(c(=O)c1O)CC1CC[C]2C1. The van der Waals surface area contributed by atoms with Crippen LogP contribution in [-0.4, -0.2) is 20.6 Å². The zero-order valence-electron chi connectivity index (χ0n) is 13.5. The van der Waals surface area contributed by atoms with Gasteiger partial charge in [0.1, 0.15) is 11.6 Å². The maximum Gasteiger partial charge on any atom is 0.296 e. The van der Waals surface area contributed by atoms with E-state index < -0.39 is 17.2 Å². The molecule has 0 saturated heterocycles. The van der Waals surface area contributed by atoms with E-state index in [1.54, 1.807) is 12.1 Å². The summed E-state index contributed by atoms with van der Waals surface area (Å²) in [5, 5.41) is 12.7. The van der Waals surface area contributed by atoms with Crippen molar-refractivity contribution in [2.75, 3.05) is 0 Å². The Morgan fingerprint density at radius 1 is 1.36 bits per heavy atom. The number of hydrogen-bond acceptors (Lipinski definition) is 4. The van der Waals surface area contributed by atoms with Crippen molar-refractivity contribution in [2.45, 2.75) is 32.4 Å². The third kappa shape index (κ3) is 2.79. The minimum atomic E-state index is -0.623. The lowest BCUT2D eigenvalue weighted by Gasteiger charge is -2.24. The van der Waals surface area contributed by atoms with Crippen molar-refractivity contribution in [1.82, 2.24) is 14.9 Å². The summed E-state index contributed by atoms with van der Waals surface area (Å²) in [6, 6.07) is 5.71. The molecule has 7 heteroatoms. The summed E-state index contributed by atoms with van der Waals surface area (Å²) in [7, 11) is 0. The molecule has 1 radical (unpaired) electrons. The van der Waals surface area contributed by atoms with Gasteiger partial charge in [0.2, 0.25) is 5.75 Å². The Bertz CT molecular complexity index is 892. The highest BCUT2D eigenvalue weighted by Gasteiger charge is 2.37. The van der Waals surface area contributed by atoms with Gasteiger partial charge in [-0.2, -0.15) is 0 Å². The number of fused-ring (bicyclic) bond motifs is 4. The Labute approximate surface area is 143 Å². The largest absolute Gasteiger partial charge is 0.501 e. The molecular weight excluding hydrogens is 325 g/mol.